The van der Waals surface area contributed by atoms with Crippen LogP contribution in [0.4, 0.5) is 0 Å². The molecule has 1 aliphatic rings. The zero-order chi connectivity index (χ0) is 13.8. The van der Waals surface area contributed by atoms with E-state index in [-0.39, 0.29) is 5.91 Å². The molecule has 0 aromatic heterocycles. The van der Waals surface area contributed by atoms with Crippen LogP contribution >= 0.6 is 39.3 Å². The van der Waals surface area contributed by atoms with E-state index in [1.807, 2.05) is 17.8 Å². The summed E-state index contributed by atoms with van der Waals surface area (Å²) < 4.78 is 0.811. The van der Waals surface area contributed by atoms with Gasteiger partial charge in [-0.25, -0.2) is 0 Å². The molecule has 1 aromatic carbocycles. The van der Waals surface area contributed by atoms with Gasteiger partial charge in [-0.2, -0.15) is 11.8 Å². The van der Waals surface area contributed by atoms with Gasteiger partial charge in [-0.3, -0.25) is 4.79 Å². The number of rotatable bonds is 4. The van der Waals surface area contributed by atoms with Crippen molar-refractivity contribution in [2.45, 2.75) is 37.5 Å². The Morgan fingerprint density at radius 3 is 3.00 bits per heavy atom. The molecule has 0 saturated heterocycles. The van der Waals surface area contributed by atoms with Crippen LogP contribution < -0.4 is 5.32 Å². The van der Waals surface area contributed by atoms with Gasteiger partial charge in [0.25, 0.3) is 5.91 Å². The first-order chi connectivity index (χ1) is 9.10. The number of halogens is 2. The zero-order valence-electron chi connectivity index (χ0n) is 10.8. The number of hydrogen-bond acceptors (Lipinski definition) is 2. The second kappa shape index (κ2) is 7.00. The zero-order valence-corrected chi connectivity index (χ0v) is 13.9. The SMILES string of the molecule is CCSC1CCC(NC(=O)c2ccc(Br)c(Cl)c2)C1. The van der Waals surface area contributed by atoms with Gasteiger partial charge in [0.2, 0.25) is 0 Å². The van der Waals surface area contributed by atoms with Gasteiger partial charge < -0.3 is 5.32 Å². The summed E-state index contributed by atoms with van der Waals surface area (Å²) in [5.41, 5.74) is 0.625. The largest absolute Gasteiger partial charge is 0.349 e. The highest BCUT2D eigenvalue weighted by atomic mass is 79.9. The summed E-state index contributed by atoms with van der Waals surface area (Å²) in [5.74, 6) is 1.12. The highest BCUT2D eigenvalue weighted by molar-refractivity contribution is 9.10. The number of thioether (sulfide) groups is 1. The van der Waals surface area contributed by atoms with E-state index >= 15 is 0 Å². The van der Waals surface area contributed by atoms with E-state index in [0.29, 0.717) is 21.9 Å². The molecule has 1 amide bonds. The minimum Gasteiger partial charge on any atom is -0.349 e. The lowest BCUT2D eigenvalue weighted by Gasteiger charge is -2.13. The number of carbonyl (C=O) groups excluding carboxylic acids is 1. The highest BCUT2D eigenvalue weighted by Gasteiger charge is 2.26. The lowest BCUT2D eigenvalue weighted by molar-refractivity contribution is 0.0938. The third-order valence-electron chi connectivity index (χ3n) is 3.30. The minimum atomic E-state index is -0.0263. The topological polar surface area (TPSA) is 29.1 Å². The van der Waals surface area contributed by atoms with Crippen LogP contribution in [-0.4, -0.2) is 23.0 Å². The predicted octanol–water partition coefficient (Wildman–Crippen LogP) is 4.51. The predicted molar refractivity (Wildman–Crippen MR) is 86.2 cm³/mol. The Hall–Kier alpha value is -0.190. The summed E-state index contributed by atoms with van der Waals surface area (Å²) in [7, 11) is 0. The van der Waals surface area contributed by atoms with E-state index in [4.69, 9.17) is 11.6 Å². The highest BCUT2D eigenvalue weighted by Crippen LogP contribution is 2.30. The average Bonchev–Trinajstić information content (AvgIpc) is 2.80. The van der Waals surface area contributed by atoms with E-state index in [9.17, 15) is 4.79 Å². The Morgan fingerprint density at radius 1 is 1.53 bits per heavy atom. The molecule has 1 fully saturated rings. The molecule has 2 rings (SSSR count). The van der Waals surface area contributed by atoms with Crippen LogP contribution in [0.25, 0.3) is 0 Å². The Bertz CT molecular complexity index is 469. The number of carbonyl (C=O) groups is 1. The fraction of sp³-hybridized carbons (Fsp3) is 0.500. The molecule has 19 heavy (non-hydrogen) atoms. The maximum absolute atomic E-state index is 12.1. The standard InChI is InChI=1S/C14H17BrClNOS/c1-2-19-11-5-4-10(8-11)17-14(18)9-3-6-12(15)13(16)7-9/h3,6-7,10-11H,2,4-5,8H2,1H3,(H,17,18). The van der Waals surface area contributed by atoms with Crippen LogP contribution in [0.3, 0.4) is 0 Å². The van der Waals surface area contributed by atoms with Crippen molar-refractivity contribution in [2.24, 2.45) is 0 Å². The average molecular weight is 363 g/mol. The lowest BCUT2D eigenvalue weighted by atomic mass is 10.2. The molecule has 2 nitrogen and oxygen atoms in total. The first kappa shape index (κ1) is 15.2. The van der Waals surface area contributed by atoms with Crippen molar-refractivity contribution >= 4 is 45.2 Å². The van der Waals surface area contributed by atoms with E-state index in [2.05, 4.69) is 28.2 Å². The Labute approximate surface area is 131 Å². The van der Waals surface area contributed by atoms with Crippen LogP contribution in [0, 0.1) is 0 Å². The number of amides is 1. The molecule has 2 unspecified atom stereocenters. The molecule has 0 bridgehead atoms. The molecule has 0 heterocycles. The molecule has 0 aliphatic heterocycles. The fourth-order valence-corrected chi connectivity index (χ4v) is 3.93. The molecule has 0 spiro atoms. The molecule has 104 valence electrons. The molecule has 0 radical (unpaired) electrons. The van der Waals surface area contributed by atoms with Gasteiger partial charge >= 0.3 is 0 Å². The molecular formula is C14H17BrClNOS. The summed E-state index contributed by atoms with van der Waals surface area (Å²) in [6, 6.07) is 5.60. The number of benzene rings is 1. The molecule has 1 N–H and O–H groups in total. The smallest absolute Gasteiger partial charge is 0.251 e. The van der Waals surface area contributed by atoms with Gasteiger partial charge in [0, 0.05) is 21.3 Å². The van der Waals surface area contributed by atoms with E-state index in [0.717, 1.165) is 23.1 Å². The first-order valence-electron chi connectivity index (χ1n) is 6.47. The maximum Gasteiger partial charge on any atom is 0.251 e. The quantitative estimate of drug-likeness (QED) is 0.854. The summed E-state index contributed by atoms with van der Waals surface area (Å²) in [6.07, 6.45) is 3.35. The summed E-state index contributed by atoms with van der Waals surface area (Å²) >= 11 is 11.3. The number of hydrogen-bond donors (Lipinski definition) is 1. The van der Waals surface area contributed by atoms with Gasteiger partial charge in [0.15, 0.2) is 0 Å². The van der Waals surface area contributed by atoms with Gasteiger partial charge in [-0.1, -0.05) is 18.5 Å². The fourth-order valence-electron chi connectivity index (χ4n) is 2.36. The Balaban J connectivity index is 1.92. The van der Waals surface area contributed by atoms with Crippen LogP contribution in [-0.2, 0) is 0 Å². The van der Waals surface area contributed by atoms with Gasteiger partial charge in [-0.05, 0) is 59.1 Å². The summed E-state index contributed by atoms with van der Waals surface area (Å²) in [4.78, 5) is 12.1. The Morgan fingerprint density at radius 2 is 2.32 bits per heavy atom. The van der Waals surface area contributed by atoms with Crippen molar-refractivity contribution in [1.29, 1.82) is 0 Å². The third kappa shape index (κ3) is 4.14. The van der Waals surface area contributed by atoms with Gasteiger partial charge in [-0.15, -0.1) is 0 Å². The van der Waals surface area contributed by atoms with Crippen LogP contribution in [0.2, 0.25) is 5.02 Å². The first-order valence-corrected chi connectivity index (χ1v) is 8.69. The van der Waals surface area contributed by atoms with Crippen molar-refractivity contribution < 1.29 is 4.79 Å². The summed E-state index contributed by atoms with van der Waals surface area (Å²) in [5, 5.41) is 4.37. The van der Waals surface area contributed by atoms with Gasteiger partial charge in [0.1, 0.15) is 0 Å². The second-order valence-electron chi connectivity index (χ2n) is 4.69. The molecule has 1 aromatic rings. The monoisotopic (exact) mass is 361 g/mol. The van der Waals surface area contributed by atoms with Gasteiger partial charge in [0.05, 0.1) is 5.02 Å². The van der Waals surface area contributed by atoms with E-state index in [1.165, 1.54) is 6.42 Å². The van der Waals surface area contributed by atoms with Crippen LogP contribution in [0.15, 0.2) is 22.7 Å². The van der Waals surface area contributed by atoms with Crippen molar-refractivity contribution in [3.63, 3.8) is 0 Å². The van der Waals surface area contributed by atoms with E-state index < -0.39 is 0 Å². The number of nitrogens with one attached hydrogen (secondary N) is 1. The molecular weight excluding hydrogens is 346 g/mol. The lowest BCUT2D eigenvalue weighted by Crippen LogP contribution is -2.33. The van der Waals surface area contributed by atoms with Crippen molar-refractivity contribution in [2.75, 3.05) is 5.75 Å². The van der Waals surface area contributed by atoms with Crippen molar-refractivity contribution in [1.82, 2.24) is 5.32 Å². The third-order valence-corrected chi connectivity index (χ3v) is 5.77. The van der Waals surface area contributed by atoms with Crippen molar-refractivity contribution in [3.05, 3.63) is 33.3 Å². The molecule has 2 atom stereocenters. The summed E-state index contributed by atoms with van der Waals surface area (Å²) in [6.45, 7) is 2.18. The van der Waals surface area contributed by atoms with E-state index in [1.54, 1.807) is 12.1 Å². The molecule has 5 heteroatoms. The van der Waals surface area contributed by atoms with Crippen LogP contribution in [0.5, 0.6) is 0 Å². The Kier molecular flexibility index (Phi) is 5.60. The normalized spacial score (nSPS) is 22.5. The minimum absolute atomic E-state index is 0.0263. The van der Waals surface area contributed by atoms with Crippen LogP contribution in [0.1, 0.15) is 36.5 Å². The van der Waals surface area contributed by atoms with Crippen molar-refractivity contribution in [3.8, 4) is 0 Å². The maximum atomic E-state index is 12.1. The molecule has 1 saturated carbocycles. The second-order valence-corrected chi connectivity index (χ2v) is 7.53. The molecule has 1 aliphatic carbocycles.